The Morgan fingerprint density at radius 3 is 2.61 bits per heavy atom. The van der Waals surface area contributed by atoms with E-state index in [-0.39, 0.29) is 24.8 Å². The third-order valence-corrected chi connectivity index (χ3v) is 5.18. The van der Waals surface area contributed by atoms with Crippen LogP contribution in [-0.4, -0.2) is 71.9 Å². The standard InChI is InChI=1S/C15H21N3O5/c1-17-12(19)3-2-11(16-17)13(20)18-8-10(14(21)22)15(9-18)4-6-23-7-5-15/h10H,2-9H2,1H3,(H,21,22). The number of hydrazone groups is 1. The van der Waals surface area contributed by atoms with E-state index < -0.39 is 17.3 Å². The lowest BCUT2D eigenvalue weighted by atomic mass is 9.72. The number of aliphatic carboxylic acids is 1. The number of carbonyl (C=O) groups is 3. The molecule has 0 aromatic carbocycles. The molecule has 0 bridgehead atoms. The predicted octanol–water partition coefficient (Wildman–Crippen LogP) is -0.0656. The molecular formula is C15H21N3O5. The highest BCUT2D eigenvalue weighted by atomic mass is 16.5. The van der Waals surface area contributed by atoms with Crippen molar-refractivity contribution in [3.8, 4) is 0 Å². The maximum absolute atomic E-state index is 12.7. The highest BCUT2D eigenvalue weighted by molar-refractivity contribution is 6.39. The Hall–Kier alpha value is -1.96. The first-order valence-corrected chi connectivity index (χ1v) is 7.87. The summed E-state index contributed by atoms with van der Waals surface area (Å²) in [5.74, 6) is -1.80. The molecule has 2 amide bonds. The molecule has 8 nitrogen and oxygen atoms in total. The number of carboxylic acids is 1. The van der Waals surface area contributed by atoms with Gasteiger partial charge in [-0.25, -0.2) is 5.01 Å². The van der Waals surface area contributed by atoms with Gasteiger partial charge in [0.05, 0.1) is 5.92 Å². The Morgan fingerprint density at radius 1 is 1.30 bits per heavy atom. The molecule has 1 spiro atoms. The summed E-state index contributed by atoms with van der Waals surface area (Å²) in [6.07, 6.45) is 1.87. The Morgan fingerprint density at radius 2 is 2.00 bits per heavy atom. The second-order valence-corrected chi connectivity index (χ2v) is 6.52. The molecule has 23 heavy (non-hydrogen) atoms. The highest BCUT2D eigenvalue weighted by Gasteiger charge is 2.52. The second-order valence-electron chi connectivity index (χ2n) is 6.52. The van der Waals surface area contributed by atoms with E-state index in [1.165, 1.54) is 12.1 Å². The molecule has 0 aliphatic carbocycles. The average molecular weight is 323 g/mol. The third kappa shape index (κ3) is 2.83. The van der Waals surface area contributed by atoms with Gasteiger partial charge in [0.2, 0.25) is 5.91 Å². The maximum Gasteiger partial charge on any atom is 0.308 e. The molecule has 126 valence electrons. The van der Waals surface area contributed by atoms with Crippen molar-refractivity contribution in [1.82, 2.24) is 9.91 Å². The van der Waals surface area contributed by atoms with E-state index in [9.17, 15) is 19.5 Å². The number of hydrogen-bond acceptors (Lipinski definition) is 5. The van der Waals surface area contributed by atoms with Gasteiger partial charge < -0.3 is 14.7 Å². The van der Waals surface area contributed by atoms with Gasteiger partial charge in [0.15, 0.2) is 0 Å². The van der Waals surface area contributed by atoms with E-state index in [1.54, 1.807) is 4.90 Å². The predicted molar refractivity (Wildman–Crippen MR) is 79.6 cm³/mol. The van der Waals surface area contributed by atoms with Crippen molar-refractivity contribution in [2.24, 2.45) is 16.4 Å². The van der Waals surface area contributed by atoms with Crippen LogP contribution in [0.2, 0.25) is 0 Å². The number of likely N-dealkylation sites (tertiary alicyclic amines) is 1. The van der Waals surface area contributed by atoms with E-state index in [0.717, 1.165) is 0 Å². The quantitative estimate of drug-likeness (QED) is 0.767. The Bertz CT molecular complexity index is 567. The van der Waals surface area contributed by atoms with Gasteiger partial charge in [-0.1, -0.05) is 0 Å². The molecule has 3 aliphatic heterocycles. The molecule has 0 saturated carbocycles. The second kappa shape index (κ2) is 5.92. The Balaban J connectivity index is 1.79. The molecular weight excluding hydrogens is 302 g/mol. The largest absolute Gasteiger partial charge is 0.481 e. The van der Waals surface area contributed by atoms with Crippen LogP contribution in [0, 0.1) is 11.3 Å². The fraction of sp³-hybridized carbons (Fsp3) is 0.733. The van der Waals surface area contributed by atoms with Crippen molar-refractivity contribution in [1.29, 1.82) is 0 Å². The van der Waals surface area contributed by atoms with Gasteiger partial charge in [-0.15, -0.1) is 0 Å². The first kappa shape index (κ1) is 15.9. The summed E-state index contributed by atoms with van der Waals surface area (Å²) in [7, 11) is 1.53. The van der Waals surface area contributed by atoms with Gasteiger partial charge in [-0.05, 0) is 12.8 Å². The molecule has 2 saturated heterocycles. The minimum Gasteiger partial charge on any atom is -0.481 e. The molecule has 0 aromatic rings. The van der Waals surface area contributed by atoms with E-state index in [0.29, 0.717) is 44.7 Å². The summed E-state index contributed by atoms with van der Waals surface area (Å²) >= 11 is 0. The van der Waals surface area contributed by atoms with Gasteiger partial charge in [0, 0.05) is 51.6 Å². The molecule has 1 unspecified atom stereocenters. The Kier molecular flexibility index (Phi) is 4.09. The van der Waals surface area contributed by atoms with Crippen molar-refractivity contribution in [2.75, 3.05) is 33.4 Å². The zero-order valence-corrected chi connectivity index (χ0v) is 13.2. The van der Waals surface area contributed by atoms with Crippen molar-refractivity contribution < 1.29 is 24.2 Å². The minimum atomic E-state index is -0.861. The zero-order chi connectivity index (χ0) is 16.6. The van der Waals surface area contributed by atoms with Crippen LogP contribution in [0.25, 0.3) is 0 Å². The van der Waals surface area contributed by atoms with Gasteiger partial charge in [-0.2, -0.15) is 5.10 Å². The van der Waals surface area contributed by atoms with Gasteiger partial charge >= 0.3 is 5.97 Å². The summed E-state index contributed by atoms with van der Waals surface area (Å²) in [5, 5.41) is 14.8. The molecule has 1 N–H and O–H groups in total. The average Bonchev–Trinajstić information content (AvgIpc) is 2.89. The van der Waals surface area contributed by atoms with Crippen molar-refractivity contribution >= 4 is 23.5 Å². The fourth-order valence-corrected chi connectivity index (χ4v) is 3.75. The highest BCUT2D eigenvalue weighted by Crippen LogP contribution is 2.44. The smallest absolute Gasteiger partial charge is 0.308 e. The lowest BCUT2D eigenvalue weighted by Gasteiger charge is -2.36. The third-order valence-electron chi connectivity index (χ3n) is 5.18. The number of ether oxygens (including phenoxy) is 1. The molecule has 3 rings (SSSR count). The van der Waals surface area contributed by atoms with Crippen LogP contribution in [-0.2, 0) is 19.1 Å². The van der Waals surface area contributed by atoms with Crippen LogP contribution >= 0.6 is 0 Å². The van der Waals surface area contributed by atoms with E-state index in [1.807, 2.05) is 0 Å². The summed E-state index contributed by atoms with van der Waals surface area (Å²) in [5.41, 5.74) is -0.0724. The van der Waals surface area contributed by atoms with Crippen LogP contribution in [0.5, 0.6) is 0 Å². The number of carbonyl (C=O) groups excluding carboxylic acids is 2. The minimum absolute atomic E-state index is 0.118. The summed E-state index contributed by atoms with van der Waals surface area (Å²) in [6, 6.07) is 0. The molecule has 1 atom stereocenters. The normalized spacial score (nSPS) is 27.3. The topological polar surface area (TPSA) is 99.5 Å². The summed E-state index contributed by atoms with van der Waals surface area (Å²) in [6.45, 7) is 1.68. The first-order valence-electron chi connectivity index (χ1n) is 7.87. The van der Waals surface area contributed by atoms with Crippen molar-refractivity contribution in [2.45, 2.75) is 25.7 Å². The molecule has 3 heterocycles. The number of amides is 2. The van der Waals surface area contributed by atoms with Crippen molar-refractivity contribution in [3.05, 3.63) is 0 Å². The molecule has 0 radical (unpaired) electrons. The lowest BCUT2D eigenvalue weighted by molar-refractivity contribution is -0.147. The summed E-state index contributed by atoms with van der Waals surface area (Å²) < 4.78 is 5.36. The van der Waals surface area contributed by atoms with Crippen molar-refractivity contribution in [3.63, 3.8) is 0 Å². The first-order chi connectivity index (χ1) is 10.9. The molecule has 3 aliphatic rings. The maximum atomic E-state index is 12.7. The van der Waals surface area contributed by atoms with Gasteiger partial charge in [0.25, 0.3) is 5.91 Å². The van der Waals surface area contributed by atoms with Crippen LogP contribution in [0.4, 0.5) is 0 Å². The van der Waals surface area contributed by atoms with E-state index in [2.05, 4.69) is 5.10 Å². The van der Waals surface area contributed by atoms with E-state index in [4.69, 9.17) is 4.74 Å². The monoisotopic (exact) mass is 323 g/mol. The Labute approximate surface area is 134 Å². The van der Waals surface area contributed by atoms with Gasteiger partial charge in [-0.3, -0.25) is 14.4 Å². The lowest BCUT2D eigenvalue weighted by Crippen LogP contribution is -2.42. The van der Waals surface area contributed by atoms with Gasteiger partial charge in [0.1, 0.15) is 5.71 Å². The summed E-state index contributed by atoms with van der Waals surface area (Å²) in [4.78, 5) is 37.4. The van der Waals surface area contributed by atoms with Crippen LogP contribution in [0.1, 0.15) is 25.7 Å². The number of nitrogens with zero attached hydrogens (tertiary/aromatic N) is 3. The van der Waals surface area contributed by atoms with Crippen LogP contribution < -0.4 is 0 Å². The molecule has 2 fully saturated rings. The molecule has 8 heteroatoms. The number of hydrogen-bond donors (Lipinski definition) is 1. The number of rotatable bonds is 2. The van der Waals surface area contributed by atoms with E-state index >= 15 is 0 Å². The van der Waals surface area contributed by atoms with Crippen LogP contribution in [0.15, 0.2) is 5.10 Å². The SMILES string of the molecule is CN1N=C(C(=O)N2CC(C(=O)O)C3(CCOCC3)C2)CCC1=O. The fourth-order valence-electron chi connectivity index (χ4n) is 3.75. The molecule has 0 aromatic heterocycles. The zero-order valence-electron chi connectivity index (χ0n) is 13.2. The van der Waals surface area contributed by atoms with Crippen LogP contribution in [0.3, 0.4) is 0 Å². The number of carboxylic acid groups (broad SMARTS) is 1.